The third-order valence-electron chi connectivity index (χ3n) is 2.00. The standard InChI is InChI=1S/C7H14N2O2/c8-5(3-4-1-2-4)6(10)7(9)11/h4-6,10H,1-3,8H2,(H2,9,11)/t5-,6?/m0/s1. The van der Waals surface area contributed by atoms with Gasteiger partial charge < -0.3 is 16.6 Å². The number of primary amides is 1. The number of amides is 1. The summed E-state index contributed by atoms with van der Waals surface area (Å²) in [5.41, 5.74) is 10.4. The minimum atomic E-state index is -1.17. The fourth-order valence-electron chi connectivity index (χ4n) is 1.08. The van der Waals surface area contributed by atoms with Crippen LogP contribution in [-0.4, -0.2) is 23.2 Å². The van der Waals surface area contributed by atoms with Gasteiger partial charge >= 0.3 is 0 Å². The second-order valence-electron chi connectivity index (χ2n) is 3.19. The Morgan fingerprint density at radius 1 is 1.64 bits per heavy atom. The van der Waals surface area contributed by atoms with Crippen molar-refractivity contribution in [1.29, 1.82) is 0 Å². The van der Waals surface area contributed by atoms with Crippen LogP contribution >= 0.6 is 0 Å². The highest BCUT2D eigenvalue weighted by Crippen LogP contribution is 2.33. The molecule has 11 heavy (non-hydrogen) atoms. The molecule has 64 valence electrons. The van der Waals surface area contributed by atoms with Crippen LogP contribution in [0.2, 0.25) is 0 Å². The summed E-state index contributed by atoms with van der Waals surface area (Å²) in [7, 11) is 0. The summed E-state index contributed by atoms with van der Waals surface area (Å²) in [6.45, 7) is 0. The zero-order valence-corrected chi connectivity index (χ0v) is 6.36. The van der Waals surface area contributed by atoms with Crippen LogP contribution in [0.3, 0.4) is 0 Å². The lowest BCUT2D eigenvalue weighted by Gasteiger charge is -2.14. The molecule has 5 N–H and O–H groups in total. The van der Waals surface area contributed by atoms with Gasteiger partial charge in [-0.05, 0) is 12.3 Å². The number of rotatable bonds is 4. The van der Waals surface area contributed by atoms with E-state index in [0.29, 0.717) is 12.3 Å². The third kappa shape index (κ3) is 2.48. The van der Waals surface area contributed by atoms with Crippen molar-refractivity contribution in [2.75, 3.05) is 0 Å². The number of nitrogens with two attached hydrogens (primary N) is 2. The van der Waals surface area contributed by atoms with E-state index in [9.17, 15) is 4.79 Å². The molecule has 1 saturated carbocycles. The first-order valence-electron chi connectivity index (χ1n) is 3.84. The molecule has 0 bridgehead atoms. The zero-order chi connectivity index (χ0) is 8.43. The first kappa shape index (κ1) is 8.49. The second kappa shape index (κ2) is 3.19. The molecule has 4 heteroatoms. The molecule has 0 heterocycles. The smallest absolute Gasteiger partial charge is 0.247 e. The molecule has 1 aliphatic carbocycles. The number of carbonyl (C=O) groups excluding carboxylic acids is 1. The van der Waals surface area contributed by atoms with Gasteiger partial charge in [-0.25, -0.2) is 0 Å². The lowest BCUT2D eigenvalue weighted by atomic mass is 10.1. The van der Waals surface area contributed by atoms with Crippen LogP contribution < -0.4 is 11.5 Å². The molecule has 0 aromatic heterocycles. The Kier molecular flexibility index (Phi) is 2.46. The Hall–Kier alpha value is -0.610. The monoisotopic (exact) mass is 158 g/mol. The molecule has 1 unspecified atom stereocenters. The fourth-order valence-corrected chi connectivity index (χ4v) is 1.08. The summed E-state index contributed by atoms with van der Waals surface area (Å²) >= 11 is 0. The second-order valence-corrected chi connectivity index (χ2v) is 3.19. The van der Waals surface area contributed by atoms with Gasteiger partial charge in [0, 0.05) is 6.04 Å². The SMILES string of the molecule is NC(=O)C(O)[C@@H](N)CC1CC1. The number of hydrogen-bond acceptors (Lipinski definition) is 3. The van der Waals surface area contributed by atoms with Crippen molar-refractivity contribution in [1.82, 2.24) is 0 Å². The lowest BCUT2D eigenvalue weighted by molar-refractivity contribution is -0.127. The molecule has 1 aliphatic rings. The van der Waals surface area contributed by atoms with E-state index >= 15 is 0 Å². The first-order valence-corrected chi connectivity index (χ1v) is 3.84. The average Bonchev–Trinajstić information content (AvgIpc) is 2.69. The summed E-state index contributed by atoms with van der Waals surface area (Å²) < 4.78 is 0. The van der Waals surface area contributed by atoms with E-state index in [0.717, 1.165) is 0 Å². The average molecular weight is 158 g/mol. The highest BCUT2D eigenvalue weighted by atomic mass is 16.3. The van der Waals surface area contributed by atoms with Crippen LogP contribution in [0.1, 0.15) is 19.3 Å². The van der Waals surface area contributed by atoms with Gasteiger partial charge in [-0.3, -0.25) is 4.79 Å². The molecule has 0 radical (unpaired) electrons. The first-order chi connectivity index (χ1) is 5.11. The predicted octanol–water partition coefficient (Wildman–Crippen LogP) is -1.04. The molecule has 0 spiro atoms. The van der Waals surface area contributed by atoms with Crippen LogP contribution in [0.15, 0.2) is 0 Å². The van der Waals surface area contributed by atoms with Crippen LogP contribution in [0.4, 0.5) is 0 Å². The molecule has 1 amide bonds. The van der Waals surface area contributed by atoms with Gasteiger partial charge in [-0.1, -0.05) is 12.8 Å². The van der Waals surface area contributed by atoms with Crippen molar-refractivity contribution in [3.05, 3.63) is 0 Å². The topological polar surface area (TPSA) is 89.3 Å². The maximum Gasteiger partial charge on any atom is 0.247 e. The Morgan fingerprint density at radius 3 is 2.55 bits per heavy atom. The normalized spacial score (nSPS) is 22.7. The van der Waals surface area contributed by atoms with Crippen molar-refractivity contribution in [2.45, 2.75) is 31.4 Å². The molecule has 1 rings (SSSR count). The number of hydrogen-bond donors (Lipinski definition) is 3. The van der Waals surface area contributed by atoms with Crippen LogP contribution in [0.25, 0.3) is 0 Å². The Bertz CT molecular complexity index is 157. The van der Waals surface area contributed by atoms with Crippen molar-refractivity contribution in [3.63, 3.8) is 0 Å². The van der Waals surface area contributed by atoms with Crippen LogP contribution in [0.5, 0.6) is 0 Å². The van der Waals surface area contributed by atoms with Gasteiger partial charge in [0.05, 0.1) is 0 Å². The van der Waals surface area contributed by atoms with E-state index in [1.807, 2.05) is 0 Å². The van der Waals surface area contributed by atoms with Crippen molar-refractivity contribution >= 4 is 5.91 Å². The zero-order valence-electron chi connectivity index (χ0n) is 6.36. The highest BCUT2D eigenvalue weighted by Gasteiger charge is 2.29. The Labute approximate surface area is 65.6 Å². The minimum Gasteiger partial charge on any atom is -0.382 e. The molecule has 0 aromatic rings. The van der Waals surface area contributed by atoms with E-state index in [1.54, 1.807) is 0 Å². The number of aliphatic hydroxyl groups excluding tert-OH is 1. The number of aliphatic hydroxyl groups is 1. The van der Waals surface area contributed by atoms with Gasteiger partial charge in [-0.15, -0.1) is 0 Å². The maximum atomic E-state index is 10.4. The highest BCUT2D eigenvalue weighted by molar-refractivity contribution is 5.79. The van der Waals surface area contributed by atoms with Crippen molar-refractivity contribution < 1.29 is 9.90 Å². The summed E-state index contributed by atoms with van der Waals surface area (Å²) in [6.07, 6.45) is 1.87. The van der Waals surface area contributed by atoms with E-state index in [4.69, 9.17) is 16.6 Å². The summed E-state index contributed by atoms with van der Waals surface area (Å²) in [6, 6.07) is -0.472. The van der Waals surface area contributed by atoms with Gasteiger partial charge in [0.1, 0.15) is 6.10 Å². The van der Waals surface area contributed by atoms with E-state index in [-0.39, 0.29) is 0 Å². The van der Waals surface area contributed by atoms with Crippen molar-refractivity contribution in [3.8, 4) is 0 Å². The predicted molar refractivity (Wildman–Crippen MR) is 40.5 cm³/mol. The van der Waals surface area contributed by atoms with Gasteiger partial charge in [-0.2, -0.15) is 0 Å². The van der Waals surface area contributed by atoms with Crippen molar-refractivity contribution in [2.24, 2.45) is 17.4 Å². The molecule has 0 aromatic carbocycles. The molecular weight excluding hydrogens is 144 g/mol. The maximum absolute atomic E-state index is 10.4. The quantitative estimate of drug-likeness (QED) is 0.488. The van der Waals surface area contributed by atoms with Gasteiger partial charge in [0.15, 0.2) is 0 Å². The van der Waals surface area contributed by atoms with E-state index in [2.05, 4.69) is 0 Å². The Balaban J connectivity index is 2.26. The molecule has 4 nitrogen and oxygen atoms in total. The van der Waals surface area contributed by atoms with Gasteiger partial charge in [0.25, 0.3) is 0 Å². The molecule has 0 aliphatic heterocycles. The Morgan fingerprint density at radius 2 is 2.18 bits per heavy atom. The molecule has 2 atom stereocenters. The summed E-state index contributed by atoms with van der Waals surface area (Å²) in [4.78, 5) is 10.4. The fraction of sp³-hybridized carbons (Fsp3) is 0.857. The van der Waals surface area contributed by atoms with Crippen LogP contribution in [0, 0.1) is 5.92 Å². The van der Waals surface area contributed by atoms with E-state index in [1.165, 1.54) is 12.8 Å². The minimum absolute atomic E-state index is 0.472. The third-order valence-corrected chi connectivity index (χ3v) is 2.00. The number of carbonyl (C=O) groups is 1. The van der Waals surface area contributed by atoms with Crippen LogP contribution in [-0.2, 0) is 4.79 Å². The van der Waals surface area contributed by atoms with Gasteiger partial charge in [0.2, 0.25) is 5.91 Å². The summed E-state index contributed by atoms with van der Waals surface area (Å²) in [5.74, 6) is -0.114. The largest absolute Gasteiger partial charge is 0.382 e. The molecular formula is C7H14N2O2. The summed E-state index contributed by atoms with van der Waals surface area (Å²) in [5, 5.41) is 9.07. The molecule has 1 fully saturated rings. The molecule has 0 saturated heterocycles. The van der Waals surface area contributed by atoms with E-state index < -0.39 is 18.1 Å². The lowest BCUT2D eigenvalue weighted by Crippen LogP contribution is -2.44.